The van der Waals surface area contributed by atoms with Gasteiger partial charge < -0.3 is 14.0 Å². The zero-order valence-electron chi connectivity index (χ0n) is 11.9. The van der Waals surface area contributed by atoms with Gasteiger partial charge >= 0.3 is 22.1 Å². The lowest BCUT2D eigenvalue weighted by Crippen LogP contribution is -2.13. The minimum atomic E-state index is -4.22. The average molecular weight is 336 g/mol. The Morgan fingerprint density at radius 3 is 2.17 bits per heavy atom. The molecule has 0 saturated heterocycles. The number of hydrogen-bond acceptors (Lipinski definition) is 6. The van der Waals surface area contributed by atoms with Crippen molar-refractivity contribution in [3.05, 3.63) is 59.7 Å². The van der Waals surface area contributed by atoms with E-state index in [-0.39, 0.29) is 21.8 Å². The van der Waals surface area contributed by atoms with E-state index in [2.05, 4.69) is 4.74 Å². The SMILES string of the molecule is COC(=O)c1ccccc1OS(=O)(=O)c1ccc(C(=O)O)cc1. The van der Waals surface area contributed by atoms with E-state index < -0.39 is 22.1 Å². The molecule has 0 radical (unpaired) electrons. The normalized spacial score (nSPS) is 10.8. The standard InChI is InChI=1S/C15H12O7S/c1-21-15(18)12-4-2-3-5-13(12)22-23(19,20)11-8-6-10(7-9-11)14(16)17/h2-9H,1H3,(H,16,17). The van der Waals surface area contributed by atoms with Crippen LogP contribution in [-0.4, -0.2) is 32.6 Å². The molecule has 0 bridgehead atoms. The molecule has 0 aliphatic rings. The number of carbonyl (C=O) groups is 2. The van der Waals surface area contributed by atoms with Gasteiger partial charge in [-0.05, 0) is 36.4 Å². The number of aromatic carboxylic acids is 1. The monoisotopic (exact) mass is 336 g/mol. The average Bonchev–Trinajstić information content (AvgIpc) is 2.54. The molecular weight excluding hydrogens is 324 g/mol. The lowest BCUT2D eigenvalue weighted by Gasteiger charge is -2.10. The Kier molecular flexibility index (Phi) is 4.65. The molecule has 0 heterocycles. The van der Waals surface area contributed by atoms with Gasteiger partial charge in [-0.1, -0.05) is 12.1 Å². The fourth-order valence-electron chi connectivity index (χ4n) is 1.75. The summed E-state index contributed by atoms with van der Waals surface area (Å²) in [5.41, 5.74) is -0.0976. The summed E-state index contributed by atoms with van der Waals surface area (Å²) >= 11 is 0. The summed E-state index contributed by atoms with van der Waals surface area (Å²) < 4.78 is 34.0. The first-order valence-corrected chi connectivity index (χ1v) is 7.71. The molecule has 0 amide bonds. The van der Waals surface area contributed by atoms with Gasteiger partial charge in [0.15, 0.2) is 5.75 Å². The number of benzene rings is 2. The van der Waals surface area contributed by atoms with Crippen molar-refractivity contribution in [2.45, 2.75) is 4.90 Å². The van der Waals surface area contributed by atoms with Crippen molar-refractivity contribution in [1.29, 1.82) is 0 Å². The molecule has 7 nitrogen and oxygen atoms in total. The Labute approximate surface area is 132 Å². The van der Waals surface area contributed by atoms with Crippen LogP contribution >= 0.6 is 0 Å². The van der Waals surface area contributed by atoms with Gasteiger partial charge in [0.05, 0.1) is 12.7 Å². The second-order valence-electron chi connectivity index (χ2n) is 4.35. The van der Waals surface area contributed by atoms with E-state index >= 15 is 0 Å². The van der Waals surface area contributed by atoms with Crippen LogP contribution in [0.1, 0.15) is 20.7 Å². The smallest absolute Gasteiger partial charge is 0.341 e. The van der Waals surface area contributed by atoms with Crippen molar-refractivity contribution in [2.75, 3.05) is 7.11 Å². The van der Waals surface area contributed by atoms with Gasteiger partial charge in [-0.25, -0.2) is 9.59 Å². The third-order valence-corrected chi connectivity index (χ3v) is 4.13. The molecule has 1 N–H and O–H groups in total. The highest BCUT2D eigenvalue weighted by Gasteiger charge is 2.21. The molecule has 0 atom stereocenters. The largest absolute Gasteiger partial charge is 0.478 e. The number of hydrogen-bond donors (Lipinski definition) is 1. The Balaban J connectivity index is 2.35. The summed E-state index contributed by atoms with van der Waals surface area (Å²) in [4.78, 5) is 22.2. The van der Waals surface area contributed by atoms with Crippen molar-refractivity contribution in [3.63, 3.8) is 0 Å². The lowest BCUT2D eigenvalue weighted by molar-refractivity contribution is 0.0598. The number of rotatable bonds is 5. The van der Waals surface area contributed by atoms with Crippen LogP contribution in [0, 0.1) is 0 Å². The van der Waals surface area contributed by atoms with Gasteiger partial charge in [0.2, 0.25) is 0 Å². The van der Waals surface area contributed by atoms with Crippen LogP contribution in [0.5, 0.6) is 5.75 Å². The van der Waals surface area contributed by atoms with Crippen LogP contribution in [0.4, 0.5) is 0 Å². The third kappa shape index (κ3) is 3.67. The highest BCUT2D eigenvalue weighted by Crippen LogP contribution is 2.23. The maximum absolute atomic E-state index is 12.2. The van der Waals surface area contributed by atoms with Gasteiger partial charge in [0.1, 0.15) is 10.5 Å². The van der Waals surface area contributed by atoms with Crippen LogP contribution in [0.2, 0.25) is 0 Å². The van der Waals surface area contributed by atoms with E-state index in [1.54, 1.807) is 0 Å². The molecule has 23 heavy (non-hydrogen) atoms. The second-order valence-corrected chi connectivity index (χ2v) is 5.90. The first kappa shape index (κ1) is 16.5. The molecule has 0 fully saturated rings. The fraction of sp³-hybridized carbons (Fsp3) is 0.0667. The maximum Gasteiger partial charge on any atom is 0.341 e. The summed E-state index contributed by atoms with van der Waals surface area (Å²) in [6, 6.07) is 10.2. The van der Waals surface area contributed by atoms with Gasteiger partial charge in [-0.15, -0.1) is 0 Å². The van der Waals surface area contributed by atoms with Crippen molar-refractivity contribution < 1.29 is 32.0 Å². The summed E-state index contributed by atoms with van der Waals surface area (Å²) in [5, 5.41) is 8.81. The van der Waals surface area contributed by atoms with Crippen LogP contribution in [0.25, 0.3) is 0 Å². The zero-order chi connectivity index (χ0) is 17.0. The zero-order valence-corrected chi connectivity index (χ0v) is 12.7. The van der Waals surface area contributed by atoms with Crippen LogP contribution in [-0.2, 0) is 14.9 Å². The lowest BCUT2D eigenvalue weighted by atomic mass is 10.2. The van der Waals surface area contributed by atoms with Gasteiger partial charge in [-0.3, -0.25) is 0 Å². The number of ether oxygens (including phenoxy) is 1. The molecular formula is C15H12O7S. The number of carbonyl (C=O) groups excluding carboxylic acids is 1. The van der Waals surface area contributed by atoms with Gasteiger partial charge in [0, 0.05) is 0 Å². The quantitative estimate of drug-likeness (QED) is 0.656. The van der Waals surface area contributed by atoms with Crippen molar-refractivity contribution in [2.24, 2.45) is 0 Å². The molecule has 2 aromatic carbocycles. The molecule has 0 aliphatic heterocycles. The molecule has 120 valence electrons. The summed E-state index contributed by atoms with van der Waals surface area (Å²) in [7, 11) is -3.06. The van der Waals surface area contributed by atoms with Crippen molar-refractivity contribution in [3.8, 4) is 5.75 Å². The number of carboxylic acid groups (broad SMARTS) is 1. The minimum absolute atomic E-state index is 0.0410. The summed E-state index contributed by atoms with van der Waals surface area (Å²) in [6.45, 7) is 0. The molecule has 2 rings (SSSR count). The predicted molar refractivity (Wildman–Crippen MR) is 79.0 cm³/mol. The fourth-order valence-corrected chi connectivity index (χ4v) is 2.70. The molecule has 0 spiro atoms. The van der Waals surface area contributed by atoms with E-state index in [4.69, 9.17) is 9.29 Å². The van der Waals surface area contributed by atoms with E-state index in [1.165, 1.54) is 24.3 Å². The van der Waals surface area contributed by atoms with Crippen LogP contribution in [0.3, 0.4) is 0 Å². The maximum atomic E-state index is 12.2. The number of esters is 1. The molecule has 8 heteroatoms. The van der Waals surface area contributed by atoms with E-state index in [1.807, 2.05) is 0 Å². The van der Waals surface area contributed by atoms with Crippen molar-refractivity contribution >= 4 is 22.1 Å². The van der Waals surface area contributed by atoms with Crippen molar-refractivity contribution in [1.82, 2.24) is 0 Å². The second kappa shape index (κ2) is 6.49. The predicted octanol–water partition coefficient (Wildman–Crippen LogP) is 1.94. The third-order valence-electron chi connectivity index (χ3n) is 2.88. The summed E-state index contributed by atoms with van der Waals surface area (Å²) in [6.07, 6.45) is 0. The first-order chi connectivity index (χ1) is 10.8. The highest BCUT2D eigenvalue weighted by atomic mass is 32.2. The topological polar surface area (TPSA) is 107 Å². The Hall–Kier alpha value is -2.87. The van der Waals surface area contributed by atoms with Gasteiger partial charge in [-0.2, -0.15) is 8.42 Å². The van der Waals surface area contributed by atoms with Gasteiger partial charge in [0.25, 0.3) is 0 Å². The Morgan fingerprint density at radius 1 is 1.00 bits per heavy atom. The molecule has 0 aromatic heterocycles. The first-order valence-electron chi connectivity index (χ1n) is 6.30. The molecule has 0 saturated carbocycles. The number of carboxylic acids is 1. The minimum Gasteiger partial charge on any atom is -0.478 e. The Morgan fingerprint density at radius 2 is 1.61 bits per heavy atom. The Bertz CT molecular complexity index is 838. The van der Waals surface area contributed by atoms with E-state index in [0.29, 0.717) is 0 Å². The number of methoxy groups -OCH3 is 1. The summed E-state index contributed by atoms with van der Waals surface area (Å²) in [5.74, 6) is -2.09. The molecule has 2 aromatic rings. The van der Waals surface area contributed by atoms with Crippen LogP contribution in [0.15, 0.2) is 53.4 Å². The highest BCUT2D eigenvalue weighted by molar-refractivity contribution is 7.87. The van der Waals surface area contributed by atoms with E-state index in [9.17, 15) is 18.0 Å². The van der Waals surface area contributed by atoms with E-state index in [0.717, 1.165) is 31.4 Å². The molecule has 0 aliphatic carbocycles. The number of para-hydroxylation sites is 1. The molecule has 0 unspecified atom stereocenters. The van der Waals surface area contributed by atoms with Crippen LogP contribution < -0.4 is 4.18 Å².